The van der Waals surface area contributed by atoms with Gasteiger partial charge in [-0.05, 0) is 0 Å². The van der Waals surface area contributed by atoms with Crippen LogP contribution in [-0.2, 0) is 11.3 Å². The number of nitriles is 1. The molecular weight excluding hydrogens is 224 g/mol. The maximum Gasteiger partial charge on any atom is 0.341 e. The Morgan fingerprint density at radius 1 is 1.65 bits per heavy atom. The molecule has 7 nitrogen and oxygen atoms in total. The fraction of sp³-hybridized carbons (Fsp3) is 0.200. The molecular formula is C10H8N4O3. The Hall–Kier alpha value is -2.62. The zero-order valence-corrected chi connectivity index (χ0v) is 8.93. The van der Waals surface area contributed by atoms with Crippen LogP contribution in [0.4, 0.5) is 0 Å². The first-order chi connectivity index (χ1) is 8.17. The van der Waals surface area contributed by atoms with Gasteiger partial charge in [-0.25, -0.2) is 9.89 Å². The number of aromatic amines is 1. The van der Waals surface area contributed by atoms with Crippen LogP contribution in [0.2, 0.25) is 0 Å². The molecule has 1 N–H and O–H groups in total. The Morgan fingerprint density at radius 2 is 2.41 bits per heavy atom. The van der Waals surface area contributed by atoms with Crippen molar-refractivity contribution in [3.05, 3.63) is 28.3 Å². The van der Waals surface area contributed by atoms with Crippen LogP contribution in [0.1, 0.15) is 10.4 Å². The summed E-state index contributed by atoms with van der Waals surface area (Å²) in [6, 6.07) is 1.92. The van der Waals surface area contributed by atoms with Crippen LogP contribution < -0.4 is 5.56 Å². The predicted octanol–water partition coefficient (Wildman–Crippen LogP) is -0.0136. The molecule has 2 rings (SSSR count). The van der Waals surface area contributed by atoms with Crippen LogP contribution in [-0.4, -0.2) is 27.8 Å². The fourth-order valence-electron chi connectivity index (χ4n) is 1.52. The molecule has 0 aromatic heterocycles. The van der Waals surface area contributed by atoms with E-state index in [0.29, 0.717) is 0 Å². The molecule has 0 spiro atoms. The van der Waals surface area contributed by atoms with Crippen molar-refractivity contribution < 1.29 is 9.53 Å². The van der Waals surface area contributed by atoms with E-state index in [1.54, 1.807) is 0 Å². The van der Waals surface area contributed by atoms with E-state index in [1.165, 1.54) is 24.1 Å². The Labute approximate surface area is 95.6 Å². The van der Waals surface area contributed by atoms with E-state index in [0.717, 1.165) is 0 Å². The Bertz CT molecular complexity index is 634. The van der Waals surface area contributed by atoms with Gasteiger partial charge in [0.25, 0.3) is 5.56 Å². The summed E-state index contributed by atoms with van der Waals surface area (Å²) in [4.78, 5) is 23.0. The highest BCUT2D eigenvalue weighted by atomic mass is 16.5. The molecule has 2 aliphatic rings. The monoisotopic (exact) mass is 232 g/mol. The Balaban J connectivity index is 2.69. The van der Waals surface area contributed by atoms with Crippen molar-refractivity contribution in [3.63, 3.8) is 0 Å². The van der Waals surface area contributed by atoms with Gasteiger partial charge in [0.05, 0.1) is 18.7 Å². The molecule has 86 valence electrons. The van der Waals surface area contributed by atoms with Crippen molar-refractivity contribution in [3.8, 4) is 17.3 Å². The van der Waals surface area contributed by atoms with Gasteiger partial charge >= 0.3 is 5.97 Å². The normalized spacial score (nSPS) is 10.1. The average molecular weight is 232 g/mol. The first-order valence-corrected chi connectivity index (χ1v) is 4.70. The number of carbonyl (C=O) groups excluding carboxylic acids is 1. The first-order valence-electron chi connectivity index (χ1n) is 4.70. The van der Waals surface area contributed by atoms with Gasteiger partial charge in [-0.2, -0.15) is 10.4 Å². The summed E-state index contributed by atoms with van der Waals surface area (Å²) in [5, 5.41) is 14.6. The van der Waals surface area contributed by atoms with Gasteiger partial charge in [0.2, 0.25) is 0 Å². The van der Waals surface area contributed by atoms with E-state index in [1.807, 2.05) is 6.07 Å². The van der Waals surface area contributed by atoms with Gasteiger partial charge < -0.3 is 9.30 Å². The van der Waals surface area contributed by atoms with E-state index in [2.05, 4.69) is 14.9 Å². The number of nitrogens with one attached hydrogen (secondary N) is 1. The summed E-state index contributed by atoms with van der Waals surface area (Å²) < 4.78 is 6.03. The molecule has 0 amide bonds. The van der Waals surface area contributed by atoms with Gasteiger partial charge in [0, 0.05) is 12.4 Å². The second kappa shape index (κ2) is 4.09. The average Bonchev–Trinajstić information content (AvgIpc) is 2.70. The lowest BCUT2D eigenvalue weighted by Crippen LogP contribution is -2.11. The maximum atomic E-state index is 11.5. The van der Waals surface area contributed by atoms with E-state index in [-0.39, 0.29) is 23.4 Å². The largest absolute Gasteiger partial charge is 0.465 e. The van der Waals surface area contributed by atoms with E-state index in [9.17, 15) is 9.59 Å². The number of aromatic nitrogens is 3. The minimum absolute atomic E-state index is 0.0323. The maximum absolute atomic E-state index is 11.5. The lowest BCUT2D eigenvalue weighted by atomic mass is 10.1. The number of hydrogen-bond acceptors (Lipinski definition) is 5. The van der Waals surface area contributed by atoms with Gasteiger partial charge in [-0.15, -0.1) is 0 Å². The molecule has 0 atom stereocenters. The molecule has 0 bridgehead atoms. The molecule has 0 aliphatic carbocycles. The number of rotatable bonds is 2. The number of ether oxygens (including phenoxy) is 1. The molecule has 2 heterocycles. The summed E-state index contributed by atoms with van der Waals surface area (Å²) in [6.07, 6.45) is 2.90. The molecule has 0 unspecified atom stereocenters. The number of methoxy groups -OCH3 is 1. The standard InChI is InChI=1S/C10H8N4O3/c1-17-10(16)7-5-14(3-2-11)4-6-8(7)12-13-9(6)15/h4-5H,3H2,1H3,(H,13,15). The number of nitrogens with zero attached hydrogens (tertiary/aromatic N) is 3. The first kappa shape index (κ1) is 10.9. The van der Waals surface area contributed by atoms with Crippen molar-refractivity contribution in [1.29, 1.82) is 5.26 Å². The second-order valence-corrected chi connectivity index (χ2v) is 3.31. The van der Waals surface area contributed by atoms with Crippen molar-refractivity contribution in [2.45, 2.75) is 6.54 Å². The minimum atomic E-state index is -0.603. The molecule has 0 aromatic carbocycles. The van der Waals surface area contributed by atoms with Crippen molar-refractivity contribution >= 4 is 5.97 Å². The van der Waals surface area contributed by atoms with Gasteiger partial charge in [-0.1, -0.05) is 0 Å². The third-order valence-corrected chi connectivity index (χ3v) is 2.27. The number of H-pyrrole nitrogens is 1. The third-order valence-electron chi connectivity index (χ3n) is 2.27. The molecule has 0 aromatic rings. The second-order valence-electron chi connectivity index (χ2n) is 3.31. The summed E-state index contributed by atoms with van der Waals surface area (Å²) in [6.45, 7) is 0.0323. The van der Waals surface area contributed by atoms with E-state index in [4.69, 9.17) is 5.26 Å². The van der Waals surface area contributed by atoms with Crippen LogP contribution in [0.25, 0.3) is 11.3 Å². The summed E-state index contributed by atoms with van der Waals surface area (Å²) in [7, 11) is 1.24. The predicted molar refractivity (Wildman–Crippen MR) is 56.4 cm³/mol. The highest BCUT2D eigenvalue weighted by molar-refractivity contribution is 5.95. The van der Waals surface area contributed by atoms with E-state index >= 15 is 0 Å². The lowest BCUT2D eigenvalue weighted by Gasteiger charge is -2.08. The van der Waals surface area contributed by atoms with Crippen LogP contribution in [0.5, 0.6) is 0 Å². The number of pyridine rings is 1. The number of fused-ring (bicyclic) bond motifs is 1. The molecule has 0 saturated carbocycles. The molecule has 17 heavy (non-hydrogen) atoms. The SMILES string of the molecule is COC(=O)c1cn(CC#N)cc2c(=O)[nH]nc1-2. The fourth-order valence-corrected chi connectivity index (χ4v) is 1.52. The molecule has 0 fully saturated rings. The highest BCUT2D eigenvalue weighted by Gasteiger charge is 2.21. The Morgan fingerprint density at radius 3 is 3.06 bits per heavy atom. The smallest absolute Gasteiger partial charge is 0.341 e. The lowest BCUT2D eigenvalue weighted by molar-refractivity contribution is 0.0600. The topological polar surface area (TPSA) is 101 Å². The molecule has 7 heteroatoms. The molecule has 0 radical (unpaired) electrons. The van der Waals surface area contributed by atoms with Crippen LogP contribution >= 0.6 is 0 Å². The highest BCUT2D eigenvalue weighted by Crippen LogP contribution is 2.20. The van der Waals surface area contributed by atoms with Crippen LogP contribution in [0.15, 0.2) is 17.2 Å². The van der Waals surface area contributed by atoms with Crippen molar-refractivity contribution in [1.82, 2.24) is 14.8 Å². The number of esters is 1. The van der Waals surface area contributed by atoms with Crippen LogP contribution in [0.3, 0.4) is 0 Å². The Kier molecular flexibility index (Phi) is 2.62. The van der Waals surface area contributed by atoms with Gasteiger partial charge in [0.1, 0.15) is 17.8 Å². The van der Waals surface area contributed by atoms with Gasteiger partial charge in [0.15, 0.2) is 0 Å². The summed E-state index contributed by atoms with van der Waals surface area (Å²) in [5.41, 5.74) is 0.246. The summed E-state index contributed by atoms with van der Waals surface area (Å²) in [5.74, 6) is -0.603. The van der Waals surface area contributed by atoms with Gasteiger partial charge in [-0.3, -0.25) is 4.79 Å². The number of carbonyl (C=O) groups is 1. The van der Waals surface area contributed by atoms with E-state index < -0.39 is 11.5 Å². The zero-order valence-electron chi connectivity index (χ0n) is 8.93. The van der Waals surface area contributed by atoms with Crippen molar-refractivity contribution in [2.24, 2.45) is 0 Å². The molecule has 0 saturated heterocycles. The quantitative estimate of drug-likeness (QED) is 0.733. The van der Waals surface area contributed by atoms with Crippen LogP contribution in [0, 0.1) is 11.3 Å². The number of hydrogen-bond donors (Lipinski definition) is 1. The van der Waals surface area contributed by atoms with Crippen molar-refractivity contribution in [2.75, 3.05) is 7.11 Å². The summed E-state index contributed by atoms with van der Waals surface area (Å²) >= 11 is 0. The zero-order chi connectivity index (χ0) is 12.4. The molecule has 2 aliphatic heterocycles. The minimum Gasteiger partial charge on any atom is -0.465 e. The third kappa shape index (κ3) is 1.76.